The number of pyridine rings is 1. The standard InChI is InChI=1S/C24H22N4O6/c29-24-27-21(32-12-17-13-33-23-20(34-17)2-1-6-26-23)11-19-18-4-3-16(10-15(18)5-8-28(19)24)31-14-22-25-7-9-30-22/h1-4,6-7,9-11,17,24,29H,5,8,12-14H2/t17-,24?/m0/s1. The van der Waals surface area contributed by atoms with Gasteiger partial charge in [0, 0.05) is 24.4 Å². The second-order valence-electron chi connectivity index (χ2n) is 7.99. The lowest BCUT2D eigenvalue weighted by atomic mass is 9.95. The van der Waals surface area contributed by atoms with Crippen LogP contribution >= 0.6 is 0 Å². The first kappa shape index (κ1) is 20.5. The lowest BCUT2D eigenvalue weighted by molar-refractivity contribution is 0.0348. The van der Waals surface area contributed by atoms with Crippen molar-refractivity contribution in [1.82, 2.24) is 14.9 Å². The topological polar surface area (TPSA) is 112 Å². The summed E-state index contributed by atoms with van der Waals surface area (Å²) in [6, 6.07) is 9.47. The van der Waals surface area contributed by atoms with Crippen molar-refractivity contribution in [2.75, 3.05) is 19.8 Å². The van der Waals surface area contributed by atoms with Crippen LogP contribution < -0.4 is 14.2 Å². The lowest BCUT2D eigenvalue weighted by Gasteiger charge is -2.37. The van der Waals surface area contributed by atoms with Crippen molar-refractivity contribution in [3.05, 3.63) is 72.1 Å². The fourth-order valence-electron chi connectivity index (χ4n) is 4.14. The van der Waals surface area contributed by atoms with Gasteiger partial charge < -0.3 is 33.4 Å². The molecule has 10 heteroatoms. The van der Waals surface area contributed by atoms with Gasteiger partial charge in [0.15, 0.2) is 18.5 Å². The van der Waals surface area contributed by atoms with Crippen LogP contribution in [0, 0.1) is 0 Å². The van der Waals surface area contributed by atoms with Crippen LogP contribution in [0.2, 0.25) is 0 Å². The fraction of sp³-hybridized carbons (Fsp3) is 0.292. The SMILES string of the molecule is OC1N=C(OC[C@H]2COc3ncccc3O2)C=C2c3ccc(OCc4ncco4)cc3CCN21. The Morgan fingerprint density at radius 1 is 1.15 bits per heavy atom. The maximum atomic E-state index is 10.6. The molecule has 3 aromatic rings. The van der Waals surface area contributed by atoms with Crippen LogP contribution in [0.15, 0.2) is 64.5 Å². The van der Waals surface area contributed by atoms with Crippen LogP contribution in [0.3, 0.4) is 0 Å². The summed E-state index contributed by atoms with van der Waals surface area (Å²) in [5.41, 5.74) is 2.98. The highest BCUT2D eigenvalue weighted by atomic mass is 16.6. The molecular weight excluding hydrogens is 440 g/mol. The van der Waals surface area contributed by atoms with Gasteiger partial charge in [-0.1, -0.05) is 0 Å². The number of rotatable bonds is 5. The van der Waals surface area contributed by atoms with Crippen LogP contribution in [-0.2, 0) is 17.8 Å². The highest BCUT2D eigenvalue weighted by Gasteiger charge is 2.31. The van der Waals surface area contributed by atoms with Crippen molar-refractivity contribution in [2.24, 2.45) is 4.99 Å². The van der Waals surface area contributed by atoms with E-state index in [4.69, 9.17) is 23.4 Å². The van der Waals surface area contributed by atoms with Crippen molar-refractivity contribution in [3.63, 3.8) is 0 Å². The van der Waals surface area contributed by atoms with Gasteiger partial charge in [0.25, 0.3) is 5.88 Å². The zero-order valence-electron chi connectivity index (χ0n) is 18.2. The molecule has 0 amide bonds. The van der Waals surface area contributed by atoms with E-state index in [2.05, 4.69) is 15.0 Å². The predicted octanol–water partition coefficient (Wildman–Crippen LogP) is 2.39. The minimum atomic E-state index is -1.02. The maximum Gasteiger partial charge on any atom is 0.257 e. The van der Waals surface area contributed by atoms with E-state index in [0.717, 1.165) is 29.0 Å². The minimum Gasteiger partial charge on any atom is -0.484 e. The van der Waals surface area contributed by atoms with Crippen molar-refractivity contribution >= 4 is 11.6 Å². The van der Waals surface area contributed by atoms with Crippen molar-refractivity contribution < 1.29 is 28.5 Å². The molecule has 0 spiro atoms. The Labute approximate surface area is 195 Å². The average molecular weight is 462 g/mol. The Balaban J connectivity index is 1.15. The van der Waals surface area contributed by atoms with Crippen LogP contribution in [0.4, 0.5) is 0 Å². The highest BCUT2D eigenvalue weighted by Crippen LogP contribution is 2.35. The molecule has 0 bridgehead atoms. The van der Waals surface area contributed by atoms with Gasteiger partial charge in [-0.2, -0.15) is 4.99 Å². The van der Waals surface area contributed by atoms with E-state index in [1.165, 1.54) is 6.26 Å². The monoisotopic (exact) mass is 462 g/mol. The van der Waals surface area contributed by atoms with Crippen molar-refractivity contribution in [3.8, 4) is 17.4 Å². The number of benzene rings is 1. The Hall–Kier alpha value is -4.05. The zero-order valence-corrected chi connectivity index (χ0v) is 18.2. The first-order chi connectivity index (χ1) is 16.7. The highest BCUT2D eigenvalue weighted by molar-refractivity contribution is 5.97. The summed E-state index contributed by atoms with van der Waals surface area (Å²) in [6.45, 7) is 1.44. The number of ether oxygens (including phenoxy) is 4. The van der Waals surface area contributed by atoms with Gasteiger partial charge in [0.1, 0.15) is 25.2 Å². The molecule has 6 rings (SSSR count). The number of aliphatic hydroxyl groups is 1. The van der Waals surface area contributed by atoms with Gasteiger partial charge in [-0.05, 0) is 42.3 Å². The smallest absolute Gasteiger partial charge is 0.257 e. The van der Waals surface area contributed by atoms with Crippen LogP contribution in [0.5, 0.6) is 17.4 Å². The van der Waals surface area contributed by atoms with E-state index in [1.807, 2.05) is 29.2 Å². The van der Waals surface area contributed by atoms with Gasteiger partial charge in [-0.15, -0.1) is 0 Å². The molecule has 0 fully saturated rings. The van der Waals surface area contributed by atoms with Crippen molar-refractivity contribution in [2.45, 2.75) is 25.5 Å². The van der Waals surface area contributed by atoms with Gasteiger partial charge >= 0.3 is 0 Å². The summed E-state index contributed by atoms with van der Waals surface area (Å²) < 4.78 is 28.4. The second-order valence-corrected chi connectivity index (χ2v) is 7.99. The normalized spacial score (nSPS) is 20.6. The lowest BCUT2D eigenvalue weighted by Crippen LogP contribution is -2.41. The third-order valence-electron chi connectivity index (χ3n) is 5.76. The fourth-order valence-corrected chi connectivity index (χ4v) is 4.14. The summed E-state index contributed by atoms with van der Waals surface area (Å²) in [7, 11) is 0. The summed E-state index contributed by atoms with van der Waals surface area (Å²) in [5.74, 6) is 2.66. The third-order valence-corrected chi connectivity index (χ3v) is 5.76. The molecule has 0 saturated carbocycles. The summed E-state index contributed by atoms with van der Waals surface area (Å²) in [6.07, 6.45) is 6.04. The van der Waals surface area contributed by atoms with Gasteiger partial charge in [-0.3, -0.25) is 0 Å². The molecule has 3 aliphatic heterocycles. The van der Waals surface area contributed by atoms with Crippen molar-refractivity contribution in [1.29, 1.82) is 0 Å². The molecule has 3 aliphatic rings. The Morgan fingerprint density at radius 3 is 3.03 bits per heavy atom. The first-order valence-corrected chi connectivity index (χ1v) is 11.0. The van der Waals surface area contributed by atoms with Crippen LogP contribution in [0.1, 0.15) is 17.0 Å². The van der Waals surface area contributed by atoms with E-state index < -0.39 is 6.35 Å². The number of aliphatic imine (C=N–C) groups is 1. The van der Waals surface area contributed by atoms with E-state index in [0.29, 0.717) is 36.6 Å². The predicted molar refractivity (Wildman–Crippen MR) is 119 cm³/mol. The van der Waals surface area contributed by atoms with E-state index in [1.54, 1.807) is 24.5 Å². The minimum absolute atomic E-state index is 0.226. The zero-order chi connectivity index (χ0) is 22.9. The molecule has 0 radical (unpaired) electrons. The summed E-state index contributed by atoms with van der Waals surface area (Å²) in [5, 5.41) is 10.6. The molecule has 34 heavy (non-hydrogen) atoms. The molecule has 0 saturated heterocycles. The molecule has 1 aromatic carbocycles. The molecule has 174 valence electrons. The van der Waals surface area contributed by atoms with Gasteiger partial charge in [0.05, 0.1) is 11.9 Å². The third kappa shape index (κ3) is 4.03. The molecule has 2 atom stereocenters. The van der Waals surface area contributed by atoms with Crippen LogP contribution in [-0.4, -0.2) is 58.1 Å². The number of aromatic nitrogens is 2. The molecule has 2 aromatic heterocycles. The average Bonchev–Trinajstić information content (AvgIpc) is 3.39. The summed E-state index contributed by atoms with van der Waals surface area (Å²) >= 11 is 0. The maximum absolute atomic E-state index is 10.6. The Kier molecular flexibility index (Phi) is 5.27. The number of hydrogen-bond donors (Lipinski definition) is 1. The number of nitrogens with zero attached hydrogens (tertiary/aromatic N) is 4. The first-order valence-electron chi connectivity index (χ1n) is 11.0. The van der Waals surface area contributed by atoms with E-state index in [-0.39, 0.29) is 19.3 Å². The van der Waals surface area contributed by atoms with Crippen LogP contribution in [0.25, 0.3) is 5.70 Å². The number of oxazole rings is 1. The number of fused-ring (bicyclic) bond motifs is 4. The molecule has 1 N–H and O–H groups in total. The van der Waals surface area contributed by atoms with E-state index >= 15 is 0 Å². The molecule has 10 nitrogen and oxygen atoms in total. The van der Waals surface area contributed by atoms with Gasteiger partial charge in [0.2, 0.25) is 18.1 Å². The molecule has 1 unspecified atom stereocenters. The molecule has 0 aliphatic carbocycles. The Bertz CT molecular complexity index is 1240. The summed E-state index contributed by atoms with van der Waals surface area (Å²) in [4.78, 5) is 14.3. The van der Waals surface area contributed by atoms with E-state index in [9.17, 15) is 5.11 Å². The number of aliphatic hydroxyl groups excluding tert-OH is 1. The second kappa shape index (κ2) is 8.71. The quantitative estimate of drug-likeness (QED) is 0.611. The molecule has 5 heterocycles. The number of hydrogen-bond acceptors (Lipinski definition) is 10. The molecular formula is C24H22N4O6. The largest absolute Gasteiger partial charge is 0.484 e. The van der Waals surface area contributed by atoms with Gasteiger partial charge in [-0.25, -0.2) is 9.97 Å². The Morgan fingerprint density at radius 2 is 2.12 bits per heavy atom.